The number of nitrogens with one attached hydrogen (secondary N) is 2. The molecule has 1 fully saturated rings. The first-order valence-corrected chi connectivity index (χ1v) is 11.3. The number of aromatic nitrogens is 4. The molecule has 4 aromatic rings. The summed E-state index contributed by atoms with van der Waals surface area (Å²) in [6.45, 7) is 4.88. The van der Waals surface area contributed by atoms with E-state index in [0.29, 0.717) is 11.1 Å². The molecule has 1 aliphatic rings. The van der Waals surface area contributed by atoms with Crippen LogP contribution in [0.25, 0.3) is 22.0 Å². The summed E-state index contributed by atoms with van der Waals surface area (Å²) in [5.41, 5.74) is 5.07. The number of hydrogen-bond donors (Lipinski definition) is 2. The van der Waals surface area contributed by atoms with E-state index in [2.05, 4.69) is 38.5 Å². The predicted molar refractivity (Wildman–Crippen MR) is 127 cm³/mol. The third-order valence-corrected chi connectivity index (χ3v) is 6.27. The zero-order valence-electron chi connectivity index (χ0n) is 18.9. The van der Waals surface area contributed by atoms with Gasteiger partial charge in [0.15, 0.2) is 0 Å². The Hall–Kier alpha value is -3.52. The van der Waals surface area contributed by atoms with Crippen molar-refractivity contribution in [1.29, 1.82) is 0 Å². The molecule has 0 spiro atoms. The molecule has 0 unspecified atom stereocenters. The number of anilines is 1. The Morgan fingerprint density at radius 2 is 2.00 bits per heavy atom. The first-order valence-electron chi connectivity index (χ1n) is 11.3. The molecule has 0 saturated carbocycles. The van der Waals surface area contributed by atoms with Crippen LogP contribution in [0.5, 0.6) is 0 Å². The molecule has 2 aromatic heterocycles. The van der Waals surface area contributed by atoms with Crippen molar-refractivity contribution in [2.75, 3.05) is 18.4 Å². The Labute approximate surface area is 191 Å². The zero-order chi connectivity index (χ0) is 22.9. The van der Waals surface area contributed by atoms with Crippen molar-refractivity contribution in [2.45, 2.75) is 32.7 Å². The van der Waals surface area contributed by atoms with Gasteiger partial charge in [0, 0.05) is 30.7 Å². The van der Waals surface area contributed by atoms with Crippen molar-refractivity contribution in [3.05, 3.63) is 65.4 Å². The van der Waals surface area contributed by atoms with E-state index in [1.165, 1.54) is 18.9 Å². The quantitative estimate of drug-likeness (QED) is 0.457. The third-order valence-electron chi connectivity index (χ3n) is 6.27. The van der Waals surface area contributed by atoms with Gasteiger partial charge in [-0.2, -0.15) is 10.2 Å². The molecule has 1 amide bonds. The Morgan fingerprint density at radius 1 is 1.18 bits per heavy atom. The number of rotatable bonds is 6. The van der Waals surface area contributed by atoms with Gasteiger partial charge >= 0.3 is 0 Å². The topological polar surface area (TPSA) is 78.8 Å². The third kappa shape index (κ3) is 4.26. The van der Waals surface area contributed by atoms with Gasteiger partial charge in [-0.1, -0.05) is 13.0 Å². The smallest absolute Gasteiger partial charge is 0.274 e. The average Bonchev–Trinajstić information content (AvgIpc) is 3.56. The highest BCUT2D eigenvalue weighted by atomic mass is 19.1. The number of H-pyrrole nitrogens is 1. The summed E-state index contributed by atoms with van der Waals surface area (Å²) in [6, 6.07) is 9.02. The highest BCUT2D eigenvalue weighted by Crippen LogP contribution is 2.29. The summed E-state index contributed by atoms with van der Waals surface area (Å²) in [4.78, 5) is 15.4. The lowest BCUT2D eigenvalue weighted by Gasteiger charge is -2.15. The van der Waals surface area contributed by atoms with Crippen LogP contribution in [0.2, 0.25) is 0 Å². The Bertz CT molecular complexity index is 1320. The van der Waals surface area contributed by atoms with Gasteiger partial charge in [-0.15, -0.1) is 0 Å². The van der Waals surface area contributed by atoms with Crippen molar-refractivity contribution in [2.24, 2.45) is 7.05 Å². The summed E-state index contributed by atoms with van der Waals surface area (Å²) >= 11 is 0. The molecule has 1 aliphatic heterocycles. The molecule has 33 heavy (non-hydrogen) atoms. The largest absolute Gasteiger partial charge is 0.318 e. The lowest BCUT2D eigenvalue weighted by molar-refractivity contribution is 0.102. The second-order valence-corrected chi connectivity index (χ2v) is 8.64. The summed E-state index contributed by atoms with van der Waals surface area (Å²) in [6.07, 6.45) is 6.87. The van der Waals surface area contributed by atoms with Crippen LogP contribution in [0.1, 0.15) is 41.4 Å². The maximum absolute atomic E-state index is 14.8. The molecule has 5 rings (SSSR count). The van der Waals surface area contributed by atoms with Crippen LogP contribution in [-0.4, -0.2) is 43.9 Å². The minimum Gasteiger partial charge on any atom is -0.318 e. The number of likely N-dealkylation sites (tertiary alicyclic amines) is 1. The maximum atomic E-state index is 14.8. The molecule has 2 N–H and O–H groups in total. The highest BCUT2D eigenvalue weighted by molar-refractivity contribution is 6.12. The number of fused-ring (bicyclic) bond motifs is 1. The molecule has 3 heterocycles. The molecule has 7 nitrogen and oxygen atoms in total. The summed E-state index contributed by atoms with van der Waals surface area (Å²) in [5.74, 6) is -0.858. The zero-order valence-corrected chi connectivity index (χ0v) is 18.9. The highest BCUT2D eigenvalue weighted by Gasteiger charge is 2.19. The van der Waals surface area contributed by atoms with Crippen molar-refractivity contribution < 1.29 is 9.18 Å². The van der Waals surface area contributed by atoms with Crippen LogP contribution in [0, 0.1) is 5.82 Å². The minimum atomic E-state index is -0.436. The average molecular weight is 447 g/mol. The summed E-state index contributed by atoms with van der Waals surface area (Å²) < 4.78 is 16.5. The fourth-order valence-corrected chi connectivity index (χ4v) is 4.51. The summed E-state index contributed by atoms with van der Waals surface area (Å²) in [7, 11) is 1.87. The molecular formula is C25H27FN6O. The number of carbonyl (C=O) groups is 1. The Balaban J connectivity index is 1.42. The molecule has 2 aromatic carbocycles. The van der Waals surface area contributed by atoms with E-state index in [1.54, 1.807) is 16.9 Å². The number of hydrogen-bond acceptors (Lipinski definition) is 4. The second-order valence-electron chi connectivity index (χ2n) is 8.64. The standard InChI is InChI=1S/C25H27FN6O/c1-3-17-11-18(19-13-27-31(2)15-19)12-20-23(17)29-30-24(20)25(33)28-22-7-6-16(10-21(22)26)14-32-8-4-5-9-32/h6-7,10-13,15H,3-5,8-9,14H2,1-2H3,(H,28,33)(H,29,30). The second kappa shape index (κ2) is 8.78. The fraction of sp³-hybridized carbons (Fsp3) is 0.320. The van der Waals surface area contributed by atoms with Crippen LogP contribution in [0.3, 0.4) is 0 Å². The predicted octanol–water partition coefficient (Wildman–Crippen LogP) is 4.51. The monoisotopic (exact) mass is 446 g/mol. The van der Waals surface area contributed by atoms with E-state index in [-0.39, 0.29) is 5.69 Å². The van der Waals surface area contributed by atoms with Crippen molar-refractivity contribution in [1.82, 2.24) is 24.9 Å². The van der Waals surface area contributed by atoms with Gasteiger partial charge in [0.25, 0.3) is 5.91 Å². The van der Waals surface area contributed by atoms with Crippen LogP contribution < -0.4 is 5.32 Å². The maximum Gasteiger partial charge on any atom is 0.274 e. The van der Waals surface area contributed by atoms with Crippen LogP contribution in [-0.2, 0) is 20.0 Å². The van der Waals surface area contributed by atoms with Crippen molar-refractivity contribution in [3.8, 4) is 11.1 Å². The number of amides is 1. The number of carbonyl (C=O) groups excluding carboxylic acids is 1. The first kappa shape index (κ1) is 21.3. The number of aromatic amines is 1. The molecule has 0 radical (unpaired) electrons. The molecular weight excluding hydrogens is 419 g/mol. The fourth-order valence-electron chi connectivity index (χ4n) is 4.51. The van der Waals surface area contributed by atoms with E-state index in [0.717, 1.165) is 53.8 Å². The lowest BCUT2D eigenvalue weighted by atomic mass is 10.00. The minimum absolute atomic E-state index is 0.159. The van der Waals surface area contributed by atoms with Gasteiger partial charge < -0.3 is 5.32 Å². The van der Waals surface area contributed by atoms with E-state index in [9.17, 15) is 9.18 Å². The van der Waals surface area contributed by atoms with Gasteiger partial charge in [-0.3, -0.25) is 19.5 Å². The Kier molecular flexibility index (Phi) is 5.68. The molecule has 0 atom stereocenters. The van der Waals surface area contributed by atoms with Crippen LogP contribution in [0.4, 0.5) is 10.1 Å². The van der Waals surface area contributed by atoms with Gasteiger partial charge in [-0.05, 0) is 73.3 Å². The van der Waals surface area contributed by atoms with Gasteiger partial charge in [0.05, 0.1) is 17.4 Å². The first-order chi connectivity index (χ1) is 16.0. The summed E-state index contributed by atoms with van der Waals surface area (Å²) in [5, 5.41) is 14.9. The van der Waals surface area contributed by atoms with Gasteiger partial charge in [-0.25, -0.2) is 4.39 Å². The van der Waals surface area contributed by atoms with Gasteiger partial charge in [0.2, 0.25) is 0 Å². The number of nitrogens with zero attached hydrogens (tertiary/aromatic N) is 4. The molecule has 0 bridgehead atoms. The number of halogens is 1. The molecule has 0 aliphatic carbocycles. The van der Waals surface area contributed by atoms with Crippen molar-refractivity contribution >= 4 is 22.5 Å². The van der Waals surface area contributed by atoms with E-state index in [1.807, 2.05) is 25.4 Å². The van der Waals surface area contributed by atoms with Crippen LogP contribution in [0.15, 0.2) is 42.7 Å². The van der Waals surface area contributed by atoms with Gasteiger partial charge in [0.1, 0.15) is 11.5 Å². The number of aryl methyl sites for hydroxylation is 2. The lowest BCUT2D eigenvalue weighted by Crippen LogP contribution is -2.18. The molecule has 170 valence electrons. The van der Waals surface area contributed by atoms with Crippen molar-refractivity contribution in [3.63, 3.8) is 0 Å². The Morgan fingerprint density at radius 3 is 2.70 bits per heavy atom. The molecule has 1 saturated heterocycles. The van der Waals surface area contributed by atoms with Crippen LogP contribution >= 0.6 is 0 Å². The molecule has 8 heteroatoms. The van der Waals surface area contributed by atoms with E-state index >= 15 is 0 Å². The van der Waals surface area contributed by atoms with E-state index in [4.69, 9.17) is 0 Å². The van der Waals surface area contributed by atoms with E-state index < -0.39 is 11.7 Å². The normalized spacial score (nSPS) is 14.3. The number of benzene rings is 2. The SMILES string of the molecule is CCc1cc(-c2cnn(C)c2)cc2c(C(=O)Nc3ccc(CN4CCCC4)cc3F)[nH]nc12.